The summed E-state index contributed by atoms with van der Waals surface area (Å²) in [4.78, 5) is 12.0. The molecule has 0 bridgehead atoms. The first-order valence-corrected chi connectivity index (χ1v) is 5.60. The maximum Gasteiger partial charge on any atom is 0.270 e. The van der Waals surface area contributed by atoms with Gasteiger partial charge in [-0.2, -0.15) is 0 Å². The van der Waals surface area contributed by atoms with Gasteiger partial charge < -0.3 is 4.74 Å². The molecule has 1 amide bonds. The molecule has 0 fully saturated rings. The molecule has 17 heavy (non-hydrogen) atoms. The van der Waals surface area contributed by atoms with Crippen LogP contribution in [0.1, 0.15) is 31.1 Å². The lowest BCUT2D eigenvalue weighted by atomic mass is 10.1. The Morgan fingerprint density at radius 3 is 2.47 bits per heavy atom. The lowest BCUT2D eigenvalue weighted by Crippen LogP contribution is -2.46. The molecular formula is C12H17ClN2O2. The van der Waals surface area contributed by atoms with E-state index in [1.54, 1.807) is 24.3 Å². The van der Waals surface area contributed by atoms with Crippen molar-refractivity contribution in [2.45, 2.75) is 26.3 Å². The zero-order valence-corrected chi connectivity index (χ0v) is 11.2. The summed E-state index contributed by atoms with van der Waals surface area (Å²) in [5, 5.41) is 0. The molecule has 1 aromatic carbocycles. The van der Waals surface area contributed by atoms with E-state index in [4.69, 9.17) is 16.5 Å². The molecule has 0 aliphatic heterocycles. The quantitative estimate of drug-likeness (QED) is 0.668. The number of hydrazine groups is 1. The molecular weight excluding hydrogens is 240 g/mol. The summed E-state index contributed by atoms with van der Waals surface area (Å²) >= 11 is 5.96. The van der Waals surface area contributed by atoms with Crippen molar-refractivity contribution in [3.05, 3.63) is 29.8 Å². The van der Waals surface area contributed by atoms with E-state index in [0.717, 1.165) is 0 Å². The first-order chi connectivity index (χ1) is 7.86. The number of nitrogens with zero attached hydrogens (tertiary/aromatic N) is 1. The number of hydrogen-bond donors (Lipinski definition) is 1. The highest BCUT2D eigenvalue weighted by Crippen LogP contribution is 2.19. The van der Waals surface area contributed by atoms with E-state index in [9.17, 15) is 4.79 Å². The monoisotopic (exact) mass is 256 g/mol. The van der Waals surface area contributed by atoms with E-state index in [1.807, 2.05) is 20.8 Å². The molecule has 1 N–H and O–H groups in total. The summed E-state index contributed by atoms with van der Waals surface area (Å²) in [7, 11) is 1.52. The summed E-state index contributed by atoms with van der Waals surface area (Å²) in [5.41, 5.74) is 2.68. The van der Waals surface area contributed by atoms with Crippen molar-refractivity contribution in [1.29, 1.82) is 0 Å². The number of benzene rings is 1. The Morgan fingerprint density at radius 1 is 1.35 bits per heavy atom. The SMILES string of the molecule is COc1ccccc1C(=O)NN(Cl)C(C)(C)C. The van der Waals surface area contributed by atoms with Crippen LogP contribution in [0.4, 0.5) is 0 Å². The van der Waals surface area contributed by atoms with Crippen molar-refractivity contribution in [2.75, 3.05) is 7.11 Å². The molecule has 0 aromatic heterocycles. The van der Waals surface area contributed by atoms with Gasteiger partial charge in [0.2, 0.25) is 0 Å². The van der Waals surface area contributed by atoms with Crippen LogP contribution >= 0.6 is 11.8 Å². The summed E-state index contributed by atoms with van der Waals surface area (Å²) in [6, 6.07) is 6.98. The fourth-order valence-electron chi connectivity index (χ4n) is 1.15. The number of carbonyl (C=O) groups is 1. The fraction of sp³-hybridized carbons (Fsp3) is 0.417. The number of halogens is 1. The highest BCUT2D eigenvalue weighted by molar-refractivity contribution is 6.14. The number of methoxy groups -OCH3 is 1. The van der Waals surface area contributed by atoms with Crippen LogP contribution in [0.5, 0.6) is 5.75 Å². The average molecular weight is 257 g/mol. The Morgan fingerprint density at radius 2 is 1.94 bits per heavy atom. The highest BCUT2D eigenvalue weighted by Gasteiger charge is 2.23. The second-order valence-electron chi connectivity index (χ2n) is 4.59. The normalized spacial score (nSPS) is 11.4. The topological polar surface area (TPSA) is 41.6 Å². The third kappa shape index (κ3) is 3.61. The average Bonchev–Trinajstić information content (AvgIpc) is 2.27. The third-order valence-corrected chi connectivity index (χ3v) is 2.73. The van der Waals surface area contributed by atoms with Crippen LogP contribution in [0, 0.1) is 0 Å². The van der Waals surface area contributed by atoms with Crippen molar-refractivity contribution >= 4 is 17.7 Å². The van der Waals surface area contributed by atoms with Crippen molar-refractivity contribution in [2.24, 2.45) is 0 Å². The summed E-state index contributed by atoms with van der Waals surface area (Å²) < 4.78 is 6.36. The van der Waals surface area contributed by atoms with Gasteiger partial charge in [-0.15, -0.1) is 4.53 Å². The highest BCUT2D eigenvalue weighted by atomic mass is 35.5. The van der Waals surface area contributed by atoms with Crippen LogP contribution in [0.15, 0.2) is 24.3 Å². The van der Waals surface area contributed by atoms with Gasteiger partial charge in [0.1, 0.15) is 5.75 Å². The first-order valence-electron chi connectivity index (χ1n) is 5.26. The summed E-state index contributed by atoms with van der Waals surface area (Å²) in [6.45, 7) is 5.67. The zero-order valence-electron chi connectivity index (χ0n) is 10.5. The Balaban J connectivity index is 2.84. The molecule has 0 saturated heterocycles. The molecule has 94 valence electrons. The van der Waals surface area contributed by atoms with Crippen LogP contribution in [-0.4, -0.2) is 23.1 Å². The molecule has 0 aliphatic rings. The second-order valence-corrected chi connectivity index (χ2v) is 4.93. The number of nitrogens with one attached hydrogen (secondary N) is 1. The van der Waals surface area contributed by atoms with E-state index >= 15 is 0 Å². The lowest BCUT2D eigenvalue weighted by molar-refractivity contribution is 0.0803. The van der Waals surface area contributed by atoms with Gasteiger partial charge in [0.25, 0.3) is 5.91 Å². The smallest absolute Gasteiger partial charge is 0.270 e. The van der Waals surface area contributed by atoms with E-state index < -0.39 is 0 Å². The maximum atomic E-state index is 12.0. The number of ether oxygens (including phenoxy) is 1. The van der Waals surface area contributed by atoms with Crippen LogP contribution in [0.25, 0.3) is 0 Å². The van der Waals surface area contributed by atoms with Crippen molar-refractivity contribution in [3.8, 4) is 5.75 Å². The van der Waals surface area contributed by atoms with Crippen LogP contribution in [0.3, 0.4) is 0 Å². The van der Waals surface area contributed by atoms with Crippen LogP contribution < -0.4 is 10.2 Å². The second kappa shape index (κ2) is 5.38. The largest absolute Gasteiger partial charge is 0.496 e. The van der Waals surface area contributed by atoms with Crippen LogP contribution in [0.2, 0.25) is 0 Å². The third-order valence-electron chi connectivity index (χ3n) is 2.14. The van der Waals surface area contributed by atoms with Gasteiger partial charge in [-0.3, -0.25) is 10.2 Å². The molecule has 5 heteroatoms. The first kappa shape index (κ1) is 13.8. The van der Waals surface area contributed by atoms with Crippen molar-refractivity contribution in [3.63, 3.8) is 0 Å². The van der Waals surface area contributed by atoms with Gasteiger partial charge >= 0.3 is 0 Å². The molecule has 0 unspecified atom stereocenters. The van der Waals surface area contributed by atoms with E-state index in [1.165, 1.54) is 11.6 Å². The fourth-order valence-corrected chi connectivity index (χ4v) is 1.23. The van der Waals surface area contributed by atoms with Gasteiger partial charge in [0.15, 0.2) is 0 Å². The minimum absolute atomic E-state index is 0.299. The zero-order chi connectivity index (χ0) is 13.1. The Labute approximate surface area is 107 Å². The summed E-state index contributed by atoms with van der Waals surface area (Å²) in [5.74, 6) is 0.219. The maximum absolute atomic E-state index is 12.0. The molecule has 4 nitrogen and oxygen atoms in total. The van der Waals surface area contributed by atoms with Crippen LogP contribution in [-0.2, 0) is 0 Å². The Kier molecular flexibility index (Phi) is 4.37. The molecule has 0 spiro atoms. The number of rotatable bonds is 3. The molecule has 0 atom stereocenters. The van der Waals surface area contributed by atoms with Gasteiger partial charge in [-0.05, 0) is 32.9 Å². The molecule has 0 saturated carbocycles. The van der Waals surface area contributed by atoms with Gasteiger partial charge in [-0.1, -0.05) is 12.1 Å². The molecule has 0 radical (unpaired) electrons. The Bertz CT molecular complexity index is 402. The number of amides is 1. The van der Waals surface area contributed by atoms with Gasteiger partial charge in [0.05, 0.1) is 12.7 Å². The minimum Gasteiger partial charge on any atom is -0.496 e. The number of para-hydroxylation sites is 1. The van der Waals surface area contributed by atoms with Crippen molar-refractivity contribution in [1.82, 2.24) is 9.95 Å². The molecule has 0 aliphatic carbocycles. The Hall–Kier alpha value is -1.26. The van der Waals surface area contributed by atoms with Gasteiger partial charge in [-0.25, -0.2) is 0 Å². The molecule has 0 heterocycles. The minimum atomic E-state index is -0.362. The predicted molar refractivity (Wildman–Crippen MR) is 67.9 cm³/mol. The molecule has 1 aromatic rings. The van der Waals surface area contributed by atoms with E-state index in [0.29, 0.717) is 11.3 Å². The summed E-state index contributed by atoms with van der Waals surface area (Å²) in [6.07, 6.45) is 0. The van der Waals surface area contributed by atoms with E-state index in [2.05, 4.69) is 5.43 Å². The standard InChI is InChI=1S/C12H17ClN2O2/c1-12(2,3)15(13)14-11(16)9-7-5-6-8-10(9)17-4/h5-8H,1-4H3,(H,14,16). The molecule has 1 rings (SSSR count). The lowest BCUT2D eigenvalue weighted by Gasteiger charge is -2.28. The number of hydrogen-bond acceptors (Lipinski definition) is 3. The number of carbonyl (C=O) groups excluding carboxylic acids is 1. The van der Waals surface area contributed by atoms with Crippen molar-refractivity contribution < 1.29 is 9.53 Å². The van der Waals surface area contributed by atoms with Gasteiger partial charge in [0, 0.05) is 17.3 Å². The predicted octanol–water partition coefficient (Wildman–Crippen LogP) is 2.59. The van der Waals surface area contributed by atoms with E-state index in [-0.39, 0.29) is 11.4 Å².